The largest absolute Gasteiger partial charge is 0.264 e. The van der Waals surface area contributed by atoms with Crippen LogP contribution in [0.3, 0.4) is 0 Å². The Morgan fingerprint density at radius 1 is 0.327 bits per heavy atom. The molecule has 12 rings (SSSR count). The first kappa shape index (κ1) is 30.4. The summed E-state index contributed by atoms with van der Waals surface area (Å²) in [4.78, 5) is 4.71. The maximum absolute atomic E-state index is 4.71. The summed E-state index contributed by atoms with van der Waals surface area (Å²) in [5, 5.41) is 7.63. The van der Waals surface area contributed by atoms with Gasteiger partial charge in [0.15, 0.2) is 0 Å². The second-order valence-electron chi connectivity index (χ2n) is 15.0. The van der Waals surface area contributed by atoms with E-state index in [2.05, 4.69) is 194 Å². The van der Waals surface area contributed by atoms with Crippen molar-refractivity contribution in [1.29, 1.82) is 0 Å². The van der Waals surface area contributed by atoms with Gasteiger partial charge in [-0.25, -0.2) is 0 Å². The molecule has 0 saturated heterocycles. The summed E-state index contributed by atoms with van der Waals surface area (Å²) in [7, 11) is 0. The van der Waals surface area contributed by atoms with Crippen molar-refractivity contribution >= 4 is 32.3 Å². The summed E-state index contributed by atoms with van der Waals surface area (Å²) in [5.74, 6) is 0. The lowest BCUT2D eigenvalue weighted by atomic mass is 9.61. The van der Waals surface area contributed by atoms with Gasteiger partial charge in [0, 0.05) is 18.0 Å². The second-order valence-corrected chi connectivity index (χ2v) is 15.0. The Balaban J connectivity index is 1.15. The number of rotatable bonds is 3. The first-order valence-electron chi connectivity index (χ1n) is 19.1. The maximum atomic E-state index is 4.71. The van der Waals surface area contributed by atoms with Crippen LogP contribution in [0.15, 0.2) is 200 Å². The lowest BCUT2D eigenvalue weighted by Gasteiger charge is -2.40. The van der Waals surface area contributed by atoms with Gasteiger partial charge in [-0.1, -0.05) is 176 Å². The molecule has 0 amide bonds. The smallest absolute Gasteiger partial charge is 0.0727 e. The van der Waals surface area contributed by atoms with Crippen LogP contribution in [0.4, 0.5) is 0 Å². The Kier molecular flexibility index (Phi) is 6.33. The Labute approximate surface area is 319 Å². The summed E-state index contributed by atoms with van der Waals surface area (Å²) in [6, 6.07) is 69.9. The average molecular weight is 696 g/mol. The van der Waals surface area contributed by atoms with Crippen LogP contribution in [-0.2, 0) is 5.41 Å². The van der Waals surface area contributed by atoms with Crippen molar-refractivity contribution < 1.29 is 0 Å². The third-order valence-electron chi connectivity index (χ3n) is 12.4. The van der Waals surface area contributed by atoms with E-state index in [4.69, 9.17) is 4.98 Å². The van der Waals surface area contributed by atoms with Crippen molar-refractivity contribution in [2.45, 2.75) is 5.41 Å². The monoisotopic (exact) mass is 695 g/mol. The van der Waals surface area contributed by atoms with E-state index in [-0.39, 0.29) is 0 Å². The Morgan fingerprint density at radius 3 is 1.60 bits per heavy atom. The zero-order valence-electron chi connectivity index (χ0n) is 30.0. The van der Waals surface area contributed by atoms with Crippen LogP contribution >= 0.6 is 0 Å². The van der Waals surface area contributed by atoms with Gasteiger partial charge in [0.05, 0.1) is 5.41 Å². The summed E-state index contributed by atoms with van der Waals surface area (Å²) in [6.07, 6.45) is 4.05. The number of aromatic nitrogens is 1. The van der Waals surface area contributed by atoms with E-state index < -0.39 is 5.41 Å². The van der Waals surface area contributed by atoms with Crippen LogP contribution in [0.5, 0.6) is 0 Å². The minimum Gasteiger partial charge on any atom is -0.264 e. The molecule has 0 radical (unpaired) electrons. The molecule has 1 heterocycles. The highest BCUT2D eigenvalue weighted by atomic mass is 14.6. The third-order valence-corrected chi connectivity index (χ3v) is 12.4. The van der Waals surface area contributed by atoms with Crippen LogP contribution in [0, 0.1) is 0 Å². The fourth-order valence-electron chi connectivity index (χ4n) is 10.2. The van der Waals surface area contributed by atoms with Gasteiger partial charge in [-0.15, -0.1) is 0 Å². The molecule has 2 aliphatic carbocycles. The average Bonchev–Trinajstić information content (AvgIpc) is 3.55. The molecule has 254 valence electrons. The predicted octanol–water partition coefficient (Wildman–Crippen LogP) is 13.9. The molecular formula is C54H33N. The van der Waals surface area contributed by atoms with E-state index in [1.54, 1.807) is 0 Å². The predicted molar refractivity (Wildman–Crippen MR) is 229 cm³/mol. The molecule has 10 aromatic rings. The van der Waals surface area contributed by atoms with Gasteiger partial charge in [-0.3, -0.25) is 4.98 Å². The molecule has 0 bridgehead atoms. The van der Waals surface area contributed by atoms with Crippen LogP contribution in [-0.4, -0.2) is 4.98 Å². The number of fused-ring (bicyclic) bond motifs is 11. The van der Waals surface area contributed by atoms with E-state index in [0.29, 0.717) is 0 Å². The third kappa shape index (κ3) is 4.10. The van der Waals surface area contributed by atoms with Gasteiger partial charge >= 0.3 is 0 Å². The van der Waals surface area contributed by atoms with Gasteiger partial charge in [-0.2, -0.15) is 0 Å². The van der Waals surface area contributed by atoms with Crippen molar-refractivity contribution in [3.05, 3.63) is 223 Å². The molecule has 0 saturated carbocycles. The van der Waals surface area contributed by atoms with Crippen LogP contribution in [0.25, 0.3) is 88.0 Å². The van der Waals surface area contributed by atoms with E-state index in [9.17, 15) is 0 Å². The Bertz CT molecular complexity index is 3130. The van der Waals surface area contributed by atoms with Crippen LogP contribution < -0.4 is 0 Å². The maximum Gasteiger partial charge on any atom is 0.0727 e. The number of nitrogens with zero attached hydrogens (tertiary/aromatic N) is 1. The van der Waals surface area contributed by atoms with Gasteiger partial charge < -0.3 is 0 Å². The number of pyridine rings is 1. The van der Waals surface area contributed by atoms with Gasteiger partial charge in [-0.05, 0) is 117 Å². The minimum atomic E-state index is -0.500. The van der Waals surface area contributed by atoms with Crippen molar-refractivity contribution in [3.63, 3.8) is 0 Å². The molecule has 1 heteroatoms. The van der Waals surface area contributed by atoms with Crippen LogP contribution in [0.1, 0.15) is 22.3 Å². The minimum absolute atomic E-state index is 0.500. The van der Waals surface area contributed by atoms with Crippen molar-refractivity contribution in [2.24, 2.45) is 0 Å². The molecule has 0 aliphatic heterocycles. The number of hydrogen-bond acceptors (Lipinski definition) is 1. The fraction of sp³-hybridized carbons (Fsp3) is 0.0185. The number of hydrogen-bond donors (Lipinski definition) is 0. The zero-order valence-corrected chi connectivity index (χ0v) is 30.0. The highest BCUT2D eigenvalue weighted by molar-refractivity contribution is 6.21. The lowest BCUT2D eigenvalue weighted by molar-refractivity contribution is 0.772. The first-order chi connectivity index (χ1) is 27.3. The second kappa shape index (κ2) is 11.5. The summed E-state index contributed by atoms with van der Waals surface area (Å²) in [6.45, 7) is 0. The highest BCUT2D eigenvalue weighted by Crippen LogP contribution is 2.62. The molecule has 2 aliphatic rings. The molecule has 1 unspecified atom stereocenters. The molecule has 1 aromatic heterocycles. The Morgan fingerprint density at radius 2 is 0.855 bits per heavy atom. The first-order valence-corrected chi connectivity index (χ1v) is 19.1. The normalized spacial score (nSPS) is 15.0. The van der Waals surface area contributed by atoms with Gasteiger partial charge in [0.1, 0.15) is 0 Å². The highest BCUT2D eigenvalue weighted by Gasteiger charge is 2.50. The SMILES string of the molecule is c1ccc(-c2ccc(-c3c4ccccc4c(-c4ccc5c(c4)C4(c6ccncc6-5)c5ccccc5-c5cccc6cccc4c56)c4ccccc34)cc2)cc1. The summed E-state index contributed by atoms with van der Waals surface area (Å²) >= 11 is 0. The summed E-state index contributed by atoms with van der Waals surface area (Å²) in [5.41, 5.74) is 17.3. The standard InChI is InChI=1S/C54H33N/c1-2-12-34(13-3-1)35-24-26-37(27-25-35)51-42-17-4-6-19-44(42)52(45-20-7-5-18-43(45)51)38-28-29-40-46-33-55-31-30-48(46)54(50(40)32-38)47-22-9-8-16-39(47)41-21-10-14-36-15-11-23-49(54)53(36)41/h1-33H. The molecule has 0 N–H and O–H groups in total. The summed E-state index contributed by atoms with van der Waals surface area (Å²) < 4.78 is 0. The molecule has 1 nitrogen and oxygen atoms in total. The quantitative estimate of drug-likeness (QED) is 0.168. The topological polar surface area (TPSA) is 12.9 Å². The van der Waals surface area contributed by atoms with E-state index in [1.807, 2.05) is 6.20 Å². The fourth-order valence-corrected chi connectivity index (χ4v) is 10.2. The zero-order chi connectivity index (χ0) is 36.1. The molecule has 55 heavy (non-hydrogen) atoms. The molecule has 1 spiro atoms. The van der Waals surface area contributed by atoms with Crippen LogP contribution in [0.2, 0.25) is 0 Å². The van der Waals surface area contributed by atoms with Crippen molar-refractivity contribution in [3.8, 4) is 55.6 Å². The van der Waals surface area contributed by atoms with E-state index >= 15 is 0 Å². The van der Waals surface area contributed by atoms with E-state index in [0.717, 1.165) is 0 Å². The van der Waals surface area contributed by atoms with Crippen molar-refractivity contribution in [1.82, 2.24) is 4.98 Å². The van der Waals surface area contributed by atoms with E-state index in [1.165, 1.54) is 110 Å². The Hall–Kier alpha value is -7.09. The van der Waals surface area contributed by atoms with Gasteiger partial charge in [0.25, 0.3) is 0 Å². The molecular weight excluding hydrogens is 663 g/mol. The molecule has 0 fully saturated rings. The lowest BCUT2D eigenvalue weighted by Crippen LogP contribution is -2.31. The molecule has 1 atom stereocenters. The molecule has 9 aromatic carbocycles. The van der Waals surface area contributed by atoms with Gasteiger partial charge in [0.2, 0.25) is 0 Å². The number of benzene rings is 9. The van der Waals surface area contributed by atoms with Crippen molar-refractivity contribution in [2.75, 3.05) is 0 Å².